The van der Waals surface area contributed by atoms with Gasteiger partial charge in [-0.3, -0.25) is 4.90 Å². The van der Waals surface area contributed by atoms with Gasteiger partial charge in [-0.05, 0) is 35.4 Å². The molecule has 25 heavy (non-hydrogen) atoms. The van der Waals surface area contributed by atoms with E-state index in [1.54, 1.807) is 12.4 Å². The van der Waals surface area contributed by atoms with Crippen molar-refractivity contribution in [3.05, 3.63) is 65.5 Å². The Morgan fingerprint density at radius 1 is 1.16 bits per heavy atom. The Morgan fingerprint density at radius 2 is 2.04 bits per heavy atom. The highest BCUT2D eigenvalue weighted by Crippen LogP contribution is 2.26. The number of imidazole rings is 1. The number of fused-ring (bicyclic) bond motifs is 1. The lowest BCUT2D eigenvalue weighted by atomic mass is 10.1. The van der Waals surface area contributed by atoms with Gasteiger partial charge in [0, 0.05) is 26.7 Å². The van der Waals surface area contributed by atoms with Gasteiger partial charge in [0.05, 0.1) is 30.1 Å². The number of morpholine rings is 1. The lowest BCUT2D eigenvalue weighted by Crippen LogP contribution is -2.37. The Kier molecular flexibility index (Phi) is 4.23. The van der Waals surface area contributed by atoms with Gasteiger partial charge >= 0.3 is 0 Å². The smallest absolute Gasteiger partial charge is 0.159 e. The van der Waals surface area contributed by atoms with E-state index < -0.39 is 11.6 Å². The lowest BCUT2D eigenvalue weighted by molar-refractivity contribution is -0.0329. The number of halogens is 2. The van der Waals surface area contributed by atoms with E-state index in [-0.39, 0.29) is 6.10 Å². The topological polar surface area (TPSA) is 30.3 Å². The summed E-state index contributed by atoms with van der Waals surface area (Å²) < 4.78 is 34.4. The van der Waals surface area contributed by atoms with Crippen molar-refractivity contribution < 1.29 is 13.5 Å². The van der Waals surface area contributed by atoms with E-state index in [1.165, 1.54) is 12.1 Å². The Balaban J connectivity index is 1.51. The van der Waals surface area contributed by atoms with Crippen molar-refractivity contribution in [3.8, 4) is 0 Å². The molecule has 1 fully saturated rings. The molecule has 1 aromatic heterocycles. The van der Waals surface area contributed by atoms with Crippen molar-refractivity contribution in [3.63, 3.8) is 0 Å². The second-order valence-corrected chi connectivity index (χ2v) is 6.45. The molecule has 1 aliphatic rings. The van der Waals surface area contributed by atoms with Gasteiger partial charge in [0.1, 0.15) is 0 Å². The fraction of sp³-hybridized carbons (Fsp3) is 0.316. The minimum Gasteiger partial charge on any atom is -0.371 e. The van der Waals surface area contributed by atoms with Crippen molar-refractivity contribution >= 4 is 11.0 Å². The molecule has 0 N–H and O–H groups in total. The Hall–Kier alpha value is -2.31. The molecule has 2 heterocycles. The van der Waals surface area contributed by atoms with E-state index in [4.69, 9.17) is 4.74 Å². The fourth-order valence-electron chi connectivity index (χ4n) is 3.29. The maximum absolute atomic E-state index is 13.4. The molecule has 0 spiro atoms. The summed E-state index contributed by atoms with van der Waals surface area (Å²) in [5.41, 5.74) is 3.90. The van der Waals surface area contributed by atoms with Gasteiger partial charge < -0.3 is 9.30 Å². The zero-order chi connectivity index (χ0) is 17.4. The molecular weight excluding hydrogens is 324 g/mol. The van der Waals surface area contributed by atoms with Crippen LogP contribution in [0.1, 0.15) is 17.2 Å². The van der Waals surface area contributed by atoms with Crippen LogP contribution in [0.5, 0.6) is 0 Å². The molecule has 0 bridgehead atoms. The summed E-state index contributed by atoms with van der Waals surface area (Å²) in [5.74, 6) is -1.61. The highest BCUT2D eigenvalue weighted by Gasteiger charge is 2.23. The number of ether oxygens (including phenoxy) is 1. The van der Waals surface area contributed by atoms with Gasteiger partial charge in [-0.2, -0.15) is 0 Å². The molecule has 130 valence electrons. The minimum absolute atomic E-state index is 0.0432. The molecule has 1 saturated heterocycles. The van der Waals surface area contributed by atoms with E-state index in [9.17, 15) is 8.78 Å². The number of benzene rings is 2. The minimum atomic E-state index is -0.812. The van der Waals surface area contributed by atoms with Crippen LogP contribution >= 0.6 is 0 Å². The zero-order valence-corrected chi connectivity index (χ0v) is 14.0. The summed E-state index contributed by atoms with van der Waals surface area (Å²) in [6.07, 6.45) is 1.75. The van der Waals surface area contributed by atoms with Crippen LogP contribution in [-0.2, 0) is 18.3 Å². The van der Waals surface area contributed by atoms with Crippen molar-refractivity contribution in [2.24, 2.45) is 7.05 Å². The van der Waals surface area contributed by atoms with E-state index >= 15 is 0 Å². The summed E-state index contributed by atoms with van der Waals surface area (Å²) in [6, 6.07) is 10.2. The van der Waals surface area contributed by atoms with E-state index in [0.29, 0.717) is 19.7 Å². The van der Waals surface area contributed by atoms with Crippen molar-refractivity contribution in [1.29, 1.82) is 0 Å². The molecule has 0 amide bonds. The summed E-state index contributed by atoms with van der Waals surface area (Å²) in [4.78, 5) is 6.54. The van der Waals surface area contributed by atoms with Gasteiger partial charge in [0.25, 0.3) is 0 Å². The number of hydrogen-bond acceptors (Lipinski definition) is 3. The van der Waals surface area contributed by atoms with Crippen LogP contribution in [0.25, 0.3) is 11.0 Å². The predicted molar refractivity (Wildman–Crippen MR) is 91.0 cm³/mol. The average Bonchev–Trinajstić information content (AvgIpc) is 2.99. The van der Waals surface area contributed by atoms with Gasteiger partial charge in [-0.15, -0.1) is 0 Å². The maximum Gasteiger partial charge on any atom is 0.159 e. The maximum atomic E-state index is 13.4. The summed E-state index contributed by atoms with van der Waals surface area (Å²) in [7, 11) is 1.97. The van der Waals surface area contributed by atoms with Crippen LogP contribution in [0.3, 0.4) is 0 Å². The van der Waals surface area contributed by atoms with Crippen LogP contribution in [0, 0.1) is 11.6 Å². The molecule has 4 rings (SSSR count). The van der Waals surface area contributed by atoms with Gasteiger partial charge in [-0.1, -0.05) is 12.1 Å². The van der Waals surface area contributed by atoms with Crippen molar-refractivity contribution in [1.82, 2.24) is 14.5 Å². The third kappa shape index (κ3) is 3.27. The molecule has 2 aromatic carbocycles. The molecule has 0 saturated carbocycles. The van der Waals surface area contributed by atoms with E-state index in [1.807, 2.05) is 23.7 Å². The summed E-state index contributed by atoms with van der Waals surface area (Å²) >= 11 is 0. The van der Waals surface area contributed by atoms with Crippen LogP contribution in [0.4, 0.5) is 8.78 Å². The molecule has 3 aromatic rings. The molecule has 1 unspecified atom stereocenters. The molecule has 6 heteroatoms. The Labute approximate surface area is 144 Å². The zero-order valence-electron chi connectivity index (χ0n) is 14.0. The molecular formula is C19H19F2N3O. The SMILES string of the molecule is Cn1cnc2ccc(C3CN(Cc4ccc(F)c(F)c4)CCO3)cc21. The van der Waals surface area contributed by atoms with Crippen molar-refractivity contribution in [2.45, 2.75) is 12.6 Å². The standard InChI is InChI=1S/C19H19F2N3O/c1-23-12-22-17-5-3-14(9-18(17)23)19-11-24(6-7-25-19)10-13-2-4-15(20)16(21)8-13/h2-5,8-9,12,19H,6-7,10-11H2,1H3. The lowest BCUT2D eigenvalue weighted by Gasteiger charge is -2.33. The quantitative estimate of drug-likeness (QED) is 0.730. The van der Waals surface area contributed by atoms with Gasteiger partial charge in [0.15, 0.2) is 11.6 Å². The number of aromatic nitrogens is 2. The highest BCUT2D eigenvalue weighted by molar-refractivity contribution is 5.76. The Morgan fingerprint density at radius 3 is 2.88 bits per heavy atom. The third-order valence-electron chi connectivity index (χ3n) is 4.66. The number of aryl methyl sites for hydroxylation is 1. The fourth-order valence-corrected chi connectivity index (χ4v) is 3.29. The molecule has 4 nitrogen and oxygen atoms in total. The van der Waals surface area contributed by atoms with Gasteiger partial charge in [-0.25, -0.2) is 13.8 Å². The van der Waals surface area contributed by atoms with Crippen LogP contribution < -0.4 is 0 Å². The largest absolute Gasteiger partial charge is 0.371 e. The predicted octanol–water partition coefficient (Wildman–Crippen LogP) is 3.43. The van der Waals surface area contributed by atoms with Crippen LogP contribution in [-0.4, -0.2) is 34.1 Å². The van der Waals surface area contributed by atoms with Crippen LogP contribution in [0.2, 0.25) is 0 Å². The monoisotopic (exact) mass is 343 g/mol. The number of rotatable bonds is 3. The van der Waals surface area contributed by atoms with E-state index in [2.05, 4.69) is 16.0 Å². The van der Waals surface area contributed by atoms with Crippen LogP contribution in [0.15, 0.2) is 42.7 Å². The van der Waals surface area contributed by atoms with Crippen molar-refractivity contribution in [2.75, 3.05) is 19.7 Å². The number of hydrogen-bond donors (Lipinski definition) is 0. The molecule has 1 atom stereocenters. The molecule has 0 aliphatic carbocycles. The Bertz CT molecular complexity index is 909. The van der Waals surface area contributed by atoms with E-state index in [0.717, 1.165) is 28.7 Å². The average molecular weight is 343 g/mol. The van der Waals surface area contributed by atoms with Gasteiger partial charge in [0.2, 0.25) is 0 Å². The second-order valence-electron chi connectivity index (χ2n) is 6.45. The summed E-state index contributed by atoms with van der Waals surface area (Å²) in [6.45, 7) is 2.66. The first-order valence-corrected chi connectivity index (χ1v) is 8.29. The number of nitrogens with zero attached hydrogens (tertiary/aromatic N) is 3. The first-order valence-electron chi connectivity index (χ1n) is 8.29. The first-order chi connectivity index (χ1) is 12.1. The molecule has 1 aliphatic heterocycles. The molecule has 0 radical (unpaired) electrons. The second kappa shape index (κ2) is 6.54. The first kappa shape index (κ1) is 16.2. The normalized spacial score (nSPS) is 18.8. The highest BCUT2D eigenvalue weighted by atomic mass is 19.2. The third-order valence-corrected chi connectivity index (χ3v) is 4.66. The summed E-state index contributed by atoms with van der Waals surface area (Å²) in [5, 5.41) is 0.